The van der Waals surface area contributed by atoms with Gasteiger partial charge < -0.3 is 14.2 Å². The van der Waals surface area contributed by atoms with Gasteiger partial charge in [0.15, 0.2) is 4.73 Å². The monoisotopic (exact) mass is 447 g/mol. The number of ether oxygens (including phenoxy) is 1. The van der Waals surface area contributed by atoms with Crippen LogP contribution in [0.25, 0.3) is 16.9 Å². The molecule has 4 rings (SSSR count). The standard InChI is InChI=1S/C19H22BrN5O3/c1-19(2,3)27-18(26)24-8-6-12(7-9-24)16-22-15(23-28-16)13-4-5-14-10-21-17(20)25(14)11-13/h4-5,10-12H,6-9H2,1-3H3. The molecular formula is C19H22BrN5O3. The Morgan fingerprint density at radius 3 is 2.75 bits per heavy atom. The zero-order valence-electron chi connectivity index (χ0n) is 16.1. The molecule has 0 radical (unpaired) electrons. The molecule has 1 saturated heterocycles. The highest BCUT2D eigenvalue weighted by molar-refractivity contribution is 9.10. The van der Waals surface area contributed by atoms with Gasteiger partial charge >= 0.3 is 6.09 Å². The van der Waals surface area contributed by atoms with Gasteiger partial charge in [0, 0.05) is 30.8 Å². The molecule has 1 fully saturated rings. The molecule has 148 valence electrons. The molecule has 3 aromatic heterocycles. The normalized spacial score (nSPS) is 15.9. The highest BCUT2D eigenvalue weighted by Crippen LogP contribution is 2.29. The van der Waals surface area contributed by atoms with Crippen LogP contribution in [0.1, 0.15) is 45.4 Å². The van der Waals surface area contributed by atoms with Crippen molar-refractivity contribution in [3.63, 3.8) is 0 Å². The summed E-state index contributed by atoms with van der Waals surface area (Å²) in [5.74, 6) is 1.30. The number of imidazole rings is 1. The minimum absolute atomic E-state index is 0.142. The van der Waals surface area contributed by atoms with Crippen LogP contribution in [0.5, 0.6) is 0 Å². The summed E-state index contributed by atoms with van der Waals surface area (Å²) in [4.78, 5) is 22.8. The number of piperidine rings is 1. The predicted molar refractivity (Wildman–Crippen MR) is 106 cm³/mol. The van der Waals surface area contributed by atoms with Crippen molar-refractivity contribution in [2.45, 2.75) is 45.1 Å². The zero-order valence-corrected chi connectivity index (χ0v) is 17.6. The fourth-order valence-electron chi connectivity index (χ4n) is 3.24. The van der Waals surface area contributed by atoms with E-state index in [0.29, 0.717) is 24.8 Å². The molecule has 4 heterocycles. The van der Waals surface area contributed by atoms with Gasteiger partial charge in [0.1, 0.15) is 5.60 Å². The molecule has 3 aromatic rings. The third kappa shape index (κ3) is 3.89. The Morgan fingerprint density at radius 2 is 2.04 bits per heavy atom. The van der Waals surface area contributed by atoms with E-state index in [4.69, 9.17) is 9.26 Å². The van der Waals surface area contributed by atoms with Crippen molar-refractivity contribution in [2.75, 3.05) is 13.1 Å². The van der Waals surface area contributed by atoms with Crippen molar-refractivity contribution in [3.05, 3.63) is 35.2 Å². The van der Waals surface area contributed by atoms with E-state index in [0.717, 1.165) is 28.7 Å². The minimum atomic E-state index is -0.485. The average molecular weight is 448 g/mol. The van der Waals surface area contributed by atoms with Gasteiger partial charge in [0.25, 0.3) is 0 Å². The van der Waals surface area contributed by atoms with Gasteiger partial charge in [-0.1, -0.05) is 5.16 Å². The van der Waals surface area contributed by atoms with Crippen LogP contribution >= 0.6 is 15.9 Å². The third-order valence-corrected chi connectivity index (χ3v) is 5.26. The summed E-state index contributed by atoms with van der Waals surface area (Å²) in [7, 11) is 0. The van der Waals surface area contributed by atoms with E-state index in [1.165, 1.54) is 0 Å². The van der Waals surface area contributed by atoms with Gasteiger partial charge in [-0.15, -0.1) is 0 Å². The van der Waals surface area contributed by atoms with E-state index >= 15 is 0 Å². The number of aromatic nitrogens is 4. The number of carbonyl (C=O) groups is 1. The average Bonchev–Trinajstić information content (AvgIpc) is 3.28. The van der Waals surface area contributed by atoms with E-state index in [1.54, 1.807) is 11.1 Å². The first-order valence-electron chi connectivity index (χ1n) is 9.25. The summed E-state index contributed by atoms with van der Waals surface area (Å²) in [6.45, 7) is 6.85. The molecule has 1 aliphatic heterocycles. The second-order valence-electron chi connectivity index (χ2n) is 7.94. The first-order chi connectivity index (χ1) is 13.3. The largest absolute Gasteiger partial charge is 0.444 e. The molecule has 0 atom stereocenters. The van der Waals surface area contributed by atoms with Gasteiger partial charge in [-0.05, 0) is 61.7 Å². The lowest BCUT2D eigenvalue weighted by atomic mass is 9.97. The molecule has 0 spiro atoms. The van der Waals surface area contributed by atoms with Crippen molar-refractivity contribution in [2.24, 2.45) is 0 Å². The Hall–Kier alpha value is -2.42. The van der Waals surface area contributed by atoms with Crippen molar-refractivity contribution in [1.29, 1.82) is 0 Å². The van der Waals surface area contributed by atoms with Crippen molar-refractivity contribution >= 4 is 27.5 Å². The highest BCUT2D eigenvalue weighted by Gasteiger charge is 2.30. The summed E-state index contributed by atoms with van der Waals surface area (Å²) >= 11 is 3.42. The fraction of sp³-hybridized carbons (Fsp3) is 0.474. The number of pyridine rings is 1. The lowest BCUT2D eigenvalue weighted by molar-refractivity contribution is 0.0198. The van der Waals surface area contributed by atoms with Crippen molar-refractivity contribution < 1.29 is 14.1 Å². The molecule has 9 heteroatoms. The number of hydrogen-bond donors (Lipinski definition) is 0. The van der Waals surface area contributed by atoms with Crippen LogP contribution < -0.4 is 0 Å². The molecule has 0 aliphatic carbocycles. The maximum atomic E-state index is 12.2. The Kier molecular flexibility index (Phi) is 4.86. The lowest BCUT2D eigenvalue weighted by Crippen LogP contribution is -2.41. The highest BCUT2D eigenvalue weighted by atomic mass is 79.9. The molecule has 0 N–H and O–H groups in total. The molecule has 1 aliphatic rings. The maximum absolute atomic E-state index is 12.2. The molecule has 0 unspecified atom stereocenters. The molecular weight excluding hydrogens is 426 g/mol. The maximum Gasteiger partial charge on any atom is 0.410 e. The number of carbonyl (C=O) groups excluding carboxylic acids is 1. The van der Waals surface area contributed by atoms with E-state index in [-0.39, 0.29) is 12.0 Å². The summed E-state index contributed by atoms with van der Waals surface area (Å²) in [6.07, 6.45) is 4.98. The quantitative estimate of drug-likeness (QED) is 0.583. The molecule has 8 nitrogen and oxygen atoms in total. The van der Waals surface area contributed by atoms with Crippen LogP contribution in [-0.4, -0.2) is 49.2 Å². The summed E-state index contributed by atoms with van der Waals surface area (Å²) in [6, 6.07) is 3.91. The molecule has 0 bridgehead atoms. The topological polar surface area (TPSA) is 85.8 Å². The number of nitrogens with zero attached hydrogens (tertiary/aromatic N) is 5. The van der Waals surface area contributed by atoms with E-state index < -0.39 is 5.60 Å². The Morgan fingerprint density at radius 1 is 1.29 bits per heavy atom. The molecule has 0 aromatic carbocycles. The summed E-state index contributed by atoms with van der Waals surface area (Å²) in [5, 5.41) is 4.14. The van der Waals surface area contributed by atoms with Crippen LogP contribution in [0.2, 0.25) is 0 Å². The SMILES string of the molecule is CC(C)(C)OC(=O)N1CCC(c2nc(-c3ccc4cnc(Br)n4c3)no2)CC1. The predicted octanol–water partition coefficient (Wildman–Crippen LogP) is 4.26. The second-order valence-corrected chi connectivity index (χ2v) is 8.65. The first kappa shape index (κ1) is 18.9. The van der Waals surface area contributed by atoms with Crippen LogP contribution in [0.3, 0.4) is 0 Å². The smallest absolute Gasteiger partial charge is 0.410 e. The van der Waals surface area contributed by atoms with Gasteiger partial charge in [-0.2, -0.15) is 4.98 Å². The van der Waals surface area contributed by atoms with Crippen molar-refractivity contribution in [1.82, 2.24) is 24.4 Å². The van der Waals surface area contributed by atoms with Gasteiger partial charge in [0.2, 0.25) is 11.7 Å². The first-order valence-corrected chi connectivity index (χ1v) is 10.0. The number of hydrogen-bond acceptors (Lipinski definition) is 6. The van der Waals surface area contributed by atoms with E-state index in [2.05, 4.69) is 31.1 Å². The Labute approximate surface area is 171 Å². The van der Waals surface area contributed by atoms with Crippen molar-refractivity contribution in [3.8, 4) is 11.4 Å². The number of rotatable bonds is 2. The number of amides is 1. The van der Waals surface area contributed by atoms with E-state index in [9.17, 15) is 4.79 Å². The van der Waals surface area contributed by atoms with Gasteiger partial charge in [-0.25, -0.2) is 9.78 Å². The number of halogens is 1. The zero-order chi connectivity index (χ0) is 19.9. The van der Waals surface area contributed by atoms with E-state index in [1.807, 2.05) is 43.5 Å². The Bertz CT molecular complexity index is 999. The second kappa shape index (κ2) is 7.20. The van der Waals surface area contributed by atoms with Crippen LogP contribution in [0.15, 0.2) is 33.8 Å². The summed E-state index contributed by atoms with van der Waals surface area (Å²) in [5.41, 5.74) is 1.35. The number of likely N-dealkylation sites (tertiary alicyclic amines) is 1. The van der Waals surface area contributed by atoms with Gasteiger partial charge in [0.05, 0.1) is 11.7 Å². The molecule has 1 amide bonds. The fourth-order valence-corrected chi connectivity index (χ4v) is 3.65. The number of fused-ring (bicyclic) bond motifs is 1. The third-order valence-electron chi connectivity index (χ3n) is 4.68. The van der Waals surface area contributed by atoms with Gasteiger partial charge in [-0.3, -0.25) is 4.40 Å². The van der Waals surface area contributed by atoms with Crippen LogP contribution in [0, 0.1) is 0 Å². The van der Waals surface area contributed by atoms with Crippen LogP contribution in [0.4, 0.5) is 4.79 Å². The Balaban J connectivity index is 1.43. The van der Waals surface area contributed by atoms with Crippen LogP contribution in [-0.2, 0) is 4.74 Å². The molecule has 28 heavy (non-hydrogen) atoms. The minimum Gasteiger partial charge on any atom is -0.444 e. The lowest BCUT2D eigenvalue weighted by Gasteiger charge is -2.32. The summed E-state index contributed by atoms with van der Waals surface area (Å²) < 4.78 is 13.6. The molecule has 0 saturated carbocycles.